The molecule has 1 heterocycles. The largest absolute Gasteiger partial charge is 0.395 e. The number of likely N-dealkylation sites (tertiary alicyclic amines) is 1. The van der Waals surface area contributed by atoms with Gasteiger partial charge in [0, 0.05) is 12.6 Å². The van der Waals surface area contributed by atoms with Crippen LogP contribution in [0, 0.1) is 0 Å². The summed E-state index contributed by atoms with van der Waals surface area (Å²) in [6.07, 6.45) is 1.87. The second-order valence-electron chi connectivity index (χ2n) is 5.68. The van der Waals surface area contributed by atoms with Gasteiger partial charge in [0.05, 0.1) is 6.61 Å². The lowest BCUT2D eigenvalue weighted by atomic mass is 10.0. The first-order valence-electron chi connectivity index (χ1n) is 7.54. The molecule has 3 N–H and O–H groups in total. The van der Waals surface area contributed by atoms with E-state index in [4.69, 9.17) is 5.73 Å². The number of carbonyl (C=O) groups excluding carboxylic acids is 1. The van der Waals surface area contributed by atoms with Gasteiger partial charge in [0.1, 0.15) is 6.04 Å². The van der Waals surface area contributed by atoms with Crippen LogP contribution in [0.3, 0.4) is 0 Å². The fourth-order valence-electron chi connectivity index (χ4n) is 2.87. The van der Waals surface area contributed by atoms with Gasteiger partial charge in [0.25, 0.3) is 0 Å². The van der Waals surface area contributed by atoms with Crippen LogP contribution in [0.1, 0.15) is 24.4 Å². The molecule has 1 unspecified atom stereocenters. The molecule has 0 bridgehead atoms. The molecule has 1 atom stereocenters. The molecule has 1 aromatic rings. The van der Waals surface area contributed by atoms with Gasteiger partial charge in [-0.1, -0.05) is 30.3 Å². The SMILES string of the molecule is CN1CCC(N(CCO)C(=O)C(N)c2ccccc2)CC1. The van der Waals surface area contributed by atoms with E-state index >= 15 is 0 Å². The summed E-state index contributed by atoms with van der Waals surface area (Å²) in [5.74, 6) is -0.0928. The molecule has 1 aliphatic rings. The van der Waals surface area contributed by atoms with Crippen LogP contribution in [-0.4, -0.2) is 60.1 Å². The number of nitrogens with two attached hydrogens (primary N) is 1. The fraction of sp³-hybridized carbons (Fsp3) is 0.562. The Labute approximate surface area is 126 Å². The van der Waals surface area contributed by atoms with Gasteiger partial charge >= 0.3 is 0 Å². The zero-order valence-electron chi connectivity index (χ0n) is 12.6. The predicted molar refractivity (Wildman–Crippen MR) is 82.7 cm³/mol. The third-order valence-corrected chi connectivity index (χ3v) is 4.18. The molecule has 0 spiro atoms. The molecule has 5 heteroatoms. The van der Waals surface area contributed by atoms with E-state index in [-0.39, 0.29) is 18.6 Å². The van der Waals surface area contributed by atoms with Crippen LogP contribution in [0.4, 0.5) is 0 Å². The Balaban J connectivity index is 2.08. The first-order valence-corrected chi connectivity index (χ1v) is 7.54. The second kappa shape index (κ2) is 7.54. The van der Waals surface area contributed by atoms with Gasteiger partial charge in [0.15, 0.2) is 0 Å². The molecule has 1 fully saturated rings. The Hall–Kier alpha value is -1.43. The van der Waals surface area contributed by atoms with Crippen LogP contribution in [0.5, 0.6) is 0 Å². The van der Waals surface area contributed by atoms with Gasteiger partial charge in [-0.15, -0.1) is 0 Å². The molecule has 1 aliphatic heterocycles. The molecule has 0 aliphatic carbocycles. The van der Waals surface area contributed by atoms with Crippen LogP contribution in [-0.2, 0) is 4.79 Å². The summed E-state index contributed by atoms with van der Waals surface area (Å²) in [6, 6.07) is 8.93. The molecule has 1 aromatic carbocycles. The first-order chi connectivity index (χ1) is 10.1. The van der Waals surface area contributed by atoms with Crippen LogP contribution >= 0.6 is 0 Å². The monoisotopic (exact) mass is 291 g/mol. The topological polar surface area (TPSA) is 69.8 Å². The number of benzene rings is 1. The van der Waals surface area contributed by atoms with Crippen molar-refractivity contribution in [3.05, 3.63) is 35.9 Å². The normalized spacial score (nSPS) is 18.4. The van der Waals surface area contributed by atoms with Crippen molar-refractivity contribution in [2.75, 3.05) is 33.3 Å². The number of aliphatic hydroxyl groups excluding tert-OH is 1. The van der Waals surface area contributed by atoms with Gasteiger partial charge in [-0.25, -0.2) is 0 Å². The number of piperidine rings is 1. The molecule has 0 saturated carbocycles. The van der Waals surface area contributed by atoms with E-state index in [0.717, 1.165) is 31.5 Å². The number of nitrogens with zero attached hydrogens (tertiary/aromatic N) is 2. The van der Waals surface area contributed by atoms with Crippen LogP contribution in [0.25, 0.3) is 0 Å². The third-order valence-electron chi connectivity index (χ3n) is 4.18. The quantitative estimate of drug-likeness (QED) is 0.833. The number of carbonyl (C=O) groups is 1. The zero-order valence-corrected chi connectivity index (χ0v) is 12.6. The lowest BCUT2D eigenvalue weighted by Gasteiger charge is -2.38. The Morgan fingerprint density at radius 2 is 2.00 bits per heavy atom. The second-order valence-corrected chi connectivity index (χ2v) is 5.68. The first kappa shape index (κ1) is 15.9. The molecule has 0 radical (unpaired) electrons. The molecule has 1 amide bonds. The minimum atomic E-state index is -0.655. The zero-order chi connectivity index (χ0) is 15.2. The van der Waals surface area contributed by atoms with Crippen molar-refractivity contribution < 1.29 is 9.90 Å². The average molecular weight is 291 g/mol. The summed E-state index contributed by atoms with van der Waals surface area (Å²) in [5.41, 5.74) is 6.94. The van der Waals surface area contributed by atoms with Gasteiger partial charge < -0.3 is 20.6 Å². The average Bonchev–Trinajstić information content (AvgIpc) is 2.53. The van der Waals surface area contributed by atoms with E-state index in [2.05, 4.69) is 11.9 Å². The van der Waals surface area contributed by atoms with Gasteiger partial charge in [0.2, 0.25) is 5.91 Å². The van der Waals surface area contributed by atoms with E-state index < -0.39 is 6.04 Å². The minimum Gasteiger partial charge on any atom is -0.395 e. The predicted octanol–water partition coefficient (Wildman–Crippen LogP) is 0.602. The Morgan fingerprint density at radius 3 is 2.57 bits per heavy atom. The summed E-state index contributed by atoms with van der Waals surface area (Å²) in [7, 11) is 2.09. The number of hydrogen-bond acceptors (Lipinski definition) is 4. The molecule has 116 valence electrons. The molecule has 21 heavy (non-hydrogen) atoms. The van der Waals surface area contributed by atoms with Crippen molar-refractivity contribution in [3.8, 4) is 0 Å². The smallest absolute Gasteiger partial charge is 0.244 e. The number of hydrogen-bond donors (Lipinski definition) is 2. The highest BCUT2D eigenvalue weighted by Crippen LogP contribution is 2.20. The van der Waals surface area contributed by atoms with Gasteiger partial charge in [-0.05, 0) is 38.5 Å². The number of rotatable bonds is 5. The summed E-state index contributed by atoms with van der Waals surface area (Å²) < 4.78 is 0. The molecule has 1 saturated heterocycles. The maximum absolute atomic E-state index is 12.7. The lowest BCUT2D eigenvalue weighted by Crippen LogP contribution is -2.50. The van der Waals surface area contributed by atoms with Crippen molar-refractivity contribution >= 4 is 5.91 Å². The molecule has 2 rings (SSSR count). The van der Waals surface area contributed by atoms with Gasteiger partial charge in [-0.3, -0.25) is 4.79 Å². The van der Waals surface area contributed by atoms with Crippen molar-refractivity contribution in [1.82, 2.24) is 9.80 Å². The van der Waals surface area contributed by atoms with E-state index in [1.165, 1.54) is 0 Å². The number of aliphatic hydroxyl groups is 1. The Morgan fingerprint density at radius 1 is 1.38 bits per heavy atom. The van der Waals surface area contributed by atoms with Crippen LogP contribution in [0.2, 0.25) is 0 Å². The molecule has 5 nitrogen and oxygen atoms in total. The highest BCUT2D eigenvalue weighted by atomic mass is 16.3. The van der Waals surface area contributed by atoms with Crippen molar-refractivity contribution in [2.45, 2.75) is 24.9 Å². The van der Waals surface area contributed by atoms with Crippen molar-refractivity contribution in [3.63, 3.8) is 0 Å². The van der Waals surface area contributed by atoms with E-state index in [1.807, 2.05) is 30.3 Å². The highest BCUT2D eigenvalue weighted by molar-refractivity contribution is 5.83. The lowest BCUT2D eigenvalue weighted by molar-refractivity contribution is -0.136. The maximum Gasteiger partial charge on any atom is 0.244 e. The summed E-state index contributed by atoms with van der Waals surface area (Å²) >= 11 is 0. The fourth-order valence-corrected chi connectivity index (χ4v) is 2.87. The van der Waals surface area contributed by atoms with Crippen molar-refractivity contribution in [2.24, 2.45) is 5.73 Å². The summed E-state index contributed by atoms with van der Waals surface area (Å²) in [5, 5.41) is 9.28. The van der Waals surface area contributed by atoms with Crippen LogP contribution in [0.15, 0.2) is 30.3 Å². The van der Waals surface area contributed by atoms with Crippen molar-refractivity contribution in [1.29, 1.82) is 0 Å². The Kier molecular flexibility index (Phi) is 5.73. The van der Waals surface area contributed by atoms with Crippen LogP contribution < -0.4 is 5.73 Å². The molecular weight excluding hydrogens is 266 g/mol. The highest BCUT2D eigenvalue weighted by Gasteiger charge is 2.30. The van der Waals surface area contributed by atoms with Gasteiger partial charge in [-0.2, -0.15) is 0 Å². The summed E-state index contributed by atoms with van der Waals surface area (Å²) in [4.78, 5) is 16.7. The molecular formula is C16H25N3O2. The molecule has 0 aromatic heterocycles. The summed E-state index contributed by atoms with van der Waals surface area (Å²) in [6.45, 7) is 2.27. The third kappa shape index (κ3) is 4.03. The standard InChI is InChI=1S/C16H25N3O2/c1-18-9-7-14(8-10-18)19(11-12-20)16(21)15(17)13-5-3-2-4-6-13/h2-6,14-15,20H,7-12,17H2,1H3. The maximum atomic E-state index is 12.7. The van der Waals surface area contributed by atoms with E-state index in [9.17, 15) is 9.90 Å². The minimum absolute atomic E-state index is 0.0282. The Bertz CT molecular complexity index is 444. The number of amides is 1. The van der Waals surface area contributed by atoms with E-state index in [1.54, 1.807) is 4.90 Å². The van der Waals surface area contributed by atoms with E-state index in [0.29, 0.717) is 6.54 Å².